The number of hydrogen-bond acceptors (Lipinski definition) is 1. The standard InChI is InChI=1S/C10H8ClFO2/c11-8-4-5-9(12)7(6-8)2-1-3-10(13)14/h1,3-6H,2H2,(H,13,14)/b3-1+. The maximum Gasteiger partial charge on any atom is 0.327 e. The minimum Gasteiger partial charge on any atom is -0.478 e. The number of hydrogen-bond donors (Lipinski definition) is 1. The largest absolute Gasteiger partial charge is 0.478 e. The zero-order valence-electron chi connectivity index (χ0n) is 7.21. The van der Waals surface area contributed by atoms with Gasteiger partial charge in [0.15, 0.2) is 0 Å². The van der Waals surface area contributed by atoms with Crippen molar-refractivity contribution in [2.45, 2.75) is 6.42 Å². The molecule has 0 aliphatic heterocycles. The molecule has 74 valence electrons. The number of rotatable bonds is 3. The lowest BCUT2D eigenvalue weighted by Gasteiger charge is -1.99. The molecule has 0 radical (unpaired) electrons. The Morgan fingerprint density at radius 2 is 2.29 bits per heavy atom. The van der Waals surface area contributed by atoms with E-state index in [4.69, 9.17) is 16.7 Å². The number of benzene rings is 1. The van der Waals surface area contributed by atoms with Gasteiger partial charge in [0.05, 0.1) is 0 Å². The molecule has 0 amide bonds. The molecule has 4 heteroatoms. The third kappa shape index (κ3) is 3.18. The second kappa shape index (κ2) is 4.77. The summed E-state index contributed by atoms with van der Waals surface area (Å²) in [5.74, 6) is -1.43. The number of carboxylic acid groups (broad SMARTS) is 1. The smallest absolute Gasteiger partial charge is 0.327 e. The summed E-state index contributed by atoms with van der Waals surface area (Å²) < 4.78 is 13.1. The van der Waals surface area contributed by atoms with Crippen LogP contribution in [0.5, 0.6) is 0 Å². The second-order valence-corrected chi connectivity index (χ2v) is 3.12. The summed E-state index contributed by atoms with van der Waals surface area (Å²) in [6, 6.07) is 4.18. The molecular formula is C10H8ClFO2. The first-order valence-corrected chi connectivity index (χ1v) is 4.31. The fraction of sp³-hybridized carbons (Fsp3) is 0.100. The highest BCUT2D eigenvalue weighted by Gasteiger charge is 2.00. The minimum atomic E-state index is -1.05. The van der Waals surface area contributed by atoms with Crippen LogP contribution >= 0.6 is 11.6 Å². The first-order valence-electron chi connectivity index (χ1n) is 3.93. The second-order valence-electron chi connectivity index (χ2n) is 2.68. The first-order chi connectivity index (χ1) is 6.59. The van der Waals surface area contributed by atoms with Crippen molar-refractivity contribution in [1.82, 2.24) is 0 Å². The van der Waals surface area contributed by atoms with E-state index >= 15 is 0 Å². The normalized spacial score (nSPS) is 10.7. The molecule has 0 heterocycles. The van der Waals surface area contributed by atoms with Gasteiger partial charge in [-0.25, -0.2) is 9.18 Å². The Morgan fingerprint density at radius 1 is 1.57 bits per heavy atom. The van der Waals surface area contributed by atoms with Crippen molar-refractivity contribution in [3.05, 3.63) is 46.8 Å². The van der Waals surface area contributed by atoms with Crippen LogP contribution in [0.4, 0.5) is 4.39 Å². The van der Waals surface area contributed by atoms with Gasteiger partial charge in [0.25, 0.3) is 0 Å². The highest BCUT2D eigenvalue weighted by atomic mass is 35.5. The lowest BCUT2D eigenvalue weighted by molar-refractivity contribution is -0.131. The van der Waals surface area contributed by atoms with E-state index in [1.165, 1.54) is 24.3 Å². The van der Waals surface area contributed by atoms with E-state index in [9.17, 15) is 9.18 Å². The molecule has 0 bridgehead atoms. The molecule has 0 atom stereocenters. The topological polar surface area (TPSA) is 37.3 Å². The van der Waals surface area contributed by atoms with Crippen LogP contribution in [0.25, 0.3) is 0 Å². The molecule has 1 aromatic carbocycles. The van der Waals surface area contributed by atoms with Crippen LogP contribution in [0.3, 0.4) is 0 Å². The summed E-state index contributed by atoms with van der Waals surface area (Å²) in [5.41, 5.74) is 0.384. The molecule has 0 saturated carbocycles. The van der Waals surface area contributed by atoms with Crippen molar-refractivity contribution in [1.29, 1.82) is 0 Å². The van der Waals surface area contributed by atoms with Crippen LogP contribution in [0, 0.1) is 5.82 Å². The number of aliphatic carboxylic acids is 1. The van der Waals surface area contributed by atoms with Gasteiger partial charge in [0.1, 0.15) is 5.82 Å². The Kier molecular flexibility index (Phi) is 3.65. The maximum atomic E-state index is 13.1. The van der Waals surface area contributed by atoms with Gasteiger partial charge in [-0.15, -0.1) is 0 Å². The monoisotopic (exact) mass is 214 g/mol. The molecule has 2 nitrogen and oxygen atoms in total. The molecule has 0 aliphatic carbocycles. The lowest BCUT2D eigenvalue weighted by Crippen LogP contribution is -1.90. The molecule has 0 unspecified atom stereocenters. The molecule has 1 aromatic rings. The summed E-state index contributed by atoms with van der Waals surface area (Å²) >= 11 is 5.65. The SMILES string of the molecule is O=C(O)/C=C/Cc1cc(Cl)ccc1F. The van der Waals surface area contributed by atoms with E-state index in [1.807, 2.05) is 0 Å². The van der Waals surface area contributed by atoms with E-state index in [-0.39, 0.29) is 12.2 Å². The van der Waals surface area contributed by atoms with Gasteiger partial charge in [-0.3, -0.25) is 0 Å². The number of carboxylic acids is 1. The summed E-state index contributed by atoms with van der Waals surface area (Å²) in [6.07, 6.45) is 2.57. The van der Waals surface area contributed by atoms with E-state index in [1.54, 1.807) is 0 Å². The van der Waals surface area contributed by atoms with Crippen molar-refractivity contribution < 1.29 is 14.3 Å². The quantitative estimate of drug-likeness (QED) is 0.786. The van der Waals surface area contributed by atoms with E-state index in [0.29, 0.717) is 10.6 Å². The van der Waals surface area contributed by atoms with Crippen molar-refractivity contribution in [3.8, 4) is 0 Å². The highest BCUT2D eigenvalue weighted by Crippen LogP contribution is 2.15. The van der Waals surface area contributed by atoms with Gasteiger partial charge in [0, 0.05) is 11.1 Å². The van der Waals surface area contributed by atoms with Gasteiger partial charge < -0.3 is 5.11 Å². The van der Waals surface area contributed by atoms with E-state index in [0.717, 1.165) is 6.08 Å². The zero-order chi connectivity index (χ0) is 10.6. The fourth-order valence-corrected chi connectivity index (χ4v) is 1.18. The third-order valence-electron chi connectivity index (χ3n) is 1.61. The molecule has 0 aliphatic rings. The molecule has 14 heavy (non-hydrogen) atoms. The van der Waals surface area contributed by atoms with Gasteiger partial charge in [0.2, 0.25) is 0 Å². The van der Waals surface area contributed by atoms with Crippen LogP contribution in [0.2, 0.25) is 5.02 Å². The summed E-state index contributed by atoms with van der Waals surface area (Å²) in [7, 11) is 0. The number of allylic oxidation sites excluding steroid dienone is 1. The lowest BCUT2D eigenvalue weighted by atomic mass is 10.1. The van der Waals surface area contributed by atoms with Gasteiger partial charge in [-0.2, -0.15) is 0 Å². The summed E-state index contributed by atoms with van der Waals surface area (Å²) in [4.78, 5) is 10.1. The van der Waals surface area contributed by atoms with Crippen LogP contribution in [0.1, 0.15) is 5.56 Å². The first kappa shape index (κ1) is 10.7. The number of halogens is 2. The predicted octanol–water partition coefficient (Wildman–Crippen LogP) is 2.66. The predicted molar refractivity (Wildman–Crippen MR) is 51.9 cm³/mol. The van der Waals surface area contributed by atoms with Gasteiger partial charge in [-0.1, -0.05) is 17.7 Å². The fourth-order valence-electron chi connectivity index (χ4n) is 0.986. The average molecular weight is 215 g/mol. The third-order valence-corrected chi connectivity index (χ3v) is 1.84. The maximum absolute atomic E-state index is 13.1. The van der Waals surface area contributed by atoms with E-state index < -0.39 is 5.97 Å². The Hall–Kier alpha value is -1.35. The van der Waals surface area contributed by atoms with Gasteiger partial charge in [-0.05, 0) is 30.2 Å². The van der Waals surface area contributed by atoms with Crippen LogP contribution in [-0.4, -0.2) is 11.1 Å². The minimum absolute atomic E-state index is 0.221. The molecule has 0 saturated heterocycles. The van der Waals surface area contributed by atoms with E-state index in [2.05, 4.69) is 0 Å². The molecule has 0 spiro atoms. The Balaban J connectivity index is 2.76. The molecule has 1 rings (SSSR count). The van der Waals surface area contributed by atoms with Crippen molar-refractivity contribution in [2.24, 2.45) is 0 Å². The number of carbonyl (C=O) groups is 1. The van der Waals surface area contributed by atoms with Crippen LogP contribution < -0.4 is 0 Å². The van der Waals surface area contributed by atoms with Gasteiger partial charge >= 0.3 is 5.97 Å². The Labute approximate surface area is 85.6 Å². The molecule has 0 aromatic heterocycles. The Bertz CT molecular complexity index is 374. The van der Waals surface area contributed by atoms with Crippen molar-refractivity contribution in [2.75, 3.05) is 0 Å². The zero-order valence-corrected chi connectivity index (χ0v) is 7.96. The Morgan fingerprint density at radius 3 is 2.93 bits per heavy atom. The average Bonchev–Trinajstić information content (AvgIpc) is 2.10. The van der Waals surface area contributed by atoms with Crippen molar-refractivity contribution >= 4 is 17.6 Å². The highest BCUT2D eigenvalue weighted by molar-refractivity contribution is 6.30. The summed E-state index contributed by atoms with van der Waals surface area (Å²) in [5, 5.41) is 8.74. The molecule has 1 N–H and O–H groups in total. The van der Waals surface area contributed by atoms with Crippen LogP contribution in [0.15, 0.2) is 30.4 Å². The van der Waals surface area contributed by atoms with Crippen LogP contribution in [-0.2, 0) is 11.2 Å². The molecule has 0 fully saturated rings. The molecular weight excluding hydrogens is 207 g/mol. The summed E-state index contributed by atoms with van der Waals surface area (Å²) in [6.45, 7) is 0. The van der Waals surface area contributed by atoms with Crippen molar-refractivity contribution in [3.63, 3.8) is 0 Å².